The SMILES string of the molecule is Cc1ccc(NC(=O)[C@H]2CCCN(S(=O)(=O)c3c(C)noc3/C=C/c3ccco3)C2)c(C)c1. The largest absolute Gasteiger partial charge is 0.465 e. The Labute approximate surface area is 193 Å². The molecule has 1 aliphatic rings. The Balaban J connectivity index is 1.53. The minimum absolute atomic E-state index is 0.0146. The van der Waals surface area contributed by atoms with E-state index < -0.39 is 15.9 Å². The zero-order chi connectivity index (χ0) is 23.6. The number of piperidine rings is 1. The molecule has 1 saturated heterocycles. The molecule has 8 nitrogen and oxygen atoms in total. The van der Waals surface area contributed by atoms with E-state index >= 15 is 0 Å². The van der Waals surface area contributed by atoms with Gasteiger partial charge in [0.05, 0.1) is 12.2 Å². The van der Waals surface area contributed by atoms with Crippen molar-refractivity contribution in [2.24, 2.45) is 5.92 Å². The summed E-state index contributed by atoms with van der Waals surface area (Å²) >= 11 is 0. The average Bonchev–Trinajstić information content (AvgIpc) is 3.44. The quantitative estimate of drug-likeness (QED) is 0.574. The summed E-state index contributed by atoms with van der Waals surface area (Å²) in [4.78, 5) is 13.0. The Bertz CT molecular complexity index is 1280. The van der Waals surface area contributed by atoms with Gasteiger partial charge in [0, 0.05) is 18.8 Å². The van der Waals surface area contributed by atoms with Crippen molar-refractivity contribution < 1.29 is 22.2 Å². The number of hydrogen-bond acceptors (Lipinski definition) is 6. The monoisotopic (exact) mass is 469 g/mol. The van der Waals surface area contributed by atoms with E-state index in [1.807, 2.05) is 32.0 Å². The van der Waals surface area contributed by atoms with Crippen molar-refractivity contribution in [3.63, 3.8) is 0 Å². The molecule has 1 N–H and O–H groups in total. The zero-order valence-corrected chi connectivity index (χ0v) is 19.7. The van der Waals surface area contributed by atoms with Gasteiger partial charge >= 0.3 is 0 Å². The molecule has 33 heavy (non-hydrogen) atoms. The molecule has 2 aromatic heterocycles. The third-order valence-corrected chi connectivity index (χ3v) is 7.79. The van der Waals surface area contributed by atoms with Crippen LogP contribution in [-0.4, -0.2) is 36.9 Å². The summed E-state index contributed by atoms with van der Waals surface area (Å²) < 4.78 is 38.9. The number of sulfonamides is 1. The number of aromatic nitrogens is 1. The molecule has 174 valence electrons. The van der Waals surface area contributed by atoms with Crippen LogP contribution < -0.4 is 5.32 Å². The summed E-state index contributed by atoms with van der Waals surface area (Å²) in [5.74, 6) is 0.0672. The molecular weight excluding hydrogens is 442 g/mol. The van der Waals surface area contributed by atoms with Crippen LogP contribution in [0.5, 0.6) is 0 Å². The Morgan fingerprint density at radius 2 is 2.03 bits per heavy atom. The van der Waals surface area contributed by atoms with Gasteiger partial charge in [-0.2, -0.15) is 4.31 Å². The highest BCUT2D eigenvalue weighted by atomic mass is 32.2. The number of carbonyl (C=O) groups excluding carboxylic acids is 1. The third kappa shape index (κ3) is 4.94. The molecule has 1 fully saturated rings. The number of amides is 1. The Kier molecular flexibility index (Phi) is 6.53. The van der Waals surface area contributed by atoms with Crippen LogP contribution in [0.4, 0.5) is 5.69 Å². The first-order chi connectivity index (χ1) is 15.8. The van der Waals surface area contributed by atoms with Gasteiger partial charge in [0.2, 0.25) is 15.9 Å². The highest BCUT2D eigenvalue weighted by Gasteiger charge is 2.37. The number of anilines is 1. The van der Waals surface area contributed by atoms with Crippen LogP contribution in [0.2, 0.25) is 0 Å². The lowest BCUT2D eigenvalue weighted by molar-refractivity contribution is -0.120. The van der Waals surface area contributed by atoms with Gasteiger partial charge in [-0.15, -0.1) is 0 Å². The fourth-order valence-corrected chi connectivity index (χ4v) is 5.81. The van der Waals surface area contributed by atoms with Crippen molar-refractivity contribution in [3.05, 3.63) is 64.9 Å². The first-order valence-electron chi connectivity index (χ1n) is 10.8. The normalized spacial score (nSPS) is 17.5. The van der Waals surface area contributed by atoms with Crippen molar-refractivity contribution in [1.29, 1.82) is 0 Å². The molecule has 4 rings (SSSR count). The first kappa shape index (κ1) is 23.0. The van der Waals surface area contributed by atoms with Crippen molar-refractivity contribution in [3.8, 4) is 0 Å². The van der Waals surface area contributed by atoms with Crippen molar-refractivity contribution in [1.82, 2.24) is 9.46 Å². The summed E-state index contributed by atoms with van der Waals surface area (Å²) in [6.45, 7) is 5.96. The third-order valence-electron chi connectivity index (χ3n) is 5.77. The topological polar surface area (TPSA) is 106 Å². The van der Waals surface area contributed by atoms with Gasteiger partial charge in [-0.05, 0) is 69.5 Å². The van der Waals surface area contributed by atoms with Crippen LogP contribution in [0, 0.1) is 26.7 Å². The number of benzene rings is 1. The Morgan fingerprint density at radius 1 is 1.21 bits per heavy atom. The zero-order valence-electron chi connectivity index (χ0n) is 18.9. The lowest BCUT2D eigenvalue weighted by Crippen LogP contribution is -2.44. The first-order valence-corrected chi connectivity index (χ1v) is 12.3. The smallest absolute Gasteiger partial charge is 0.248 e. The number of aryl methyl sites for hydroxylation is 3. The van der Waals surface area contributed by atoms with E-state index in [4.69, 9.17) is 8.94 Å². The van der Waals surface area contributed by atoms with Gasteiger partial charge < -0.3 is 14.3 Å². The molecule has 0 radical (unpaired) electrons. The molecule has 3 heterocycles. The second-order valence-electron chi connectivity index (χ2n) is 8.32. The van der Waals surface area contributed by atoms with Gasteiger partial charge in [0.15, 0.2) is 10.7 Å². The molecule has 1 aliphatic heterocycles. The summed E-state index contributed by atoms with van der Waals surface area (Å²) in [7, 11) is -3.91. The highest BCUT2D eigenvalue weighted by molar-refractivity contribution is 7.89. The van der Waals surface area contributed by atoms with Crippen LogP contribution in [-0.2, 0) is 14.8 Å². The summed E-state index contributed by atoms with van der Waals surface area (Å²) in [5.41, 5.74) is 3.10. The number of hydrogen-bond donors (Lipinski definition) is 1. The molecule has 0 spiro atoms. The number of furan rings is 1. The summed E-state index contributed by atoms with van der Waals surface area (Å²) in [6, 6.07) is 9.29. The van der Waals surface area contributed by atoms with E-state index in [-0.39, 0.29) is 28.8 Å². The second-order valence-corrected chi connectivity index (χ2v) is 10.2. The van der Waals surface area contributed by atoms with Gasteiger partial charge in [-0.1, -0.05) is 22.9 Å². The second kappa shape index (κ2) is 9.36. The minimum atomic E-state index is -3.91. The fourth-order valence-electron chi connectivity index (χ4n) is 4.04. The fraction of sp³-hybridized carbons (Fsp3) is 0.333. The number of carbonyl (C=O) groups is 1. The van der Waals surface area contributed by atoms with Crippen LogP contribution in [0.1, 0.15) is 41.2 Å². The summed E-state index contributed by atoms with van der Waals surface area (Å²) in [6.07, 6.45) is 5.89. The van der Waals surface area contributed by atoms with Gasteiger partial charge in [0.25, 0.3) is 0 Å². The predicted octanol–water partition coefficient (Wildman–Crippen LogP) is 4.40. The van der Waals surface area contributed by atoms with E-state index in [0.717, 1.165) is 16.8 Å². The summed E-state index contributed by atoms with van der Waals surface area (Å²) in [5, 5.41) is 6.82. The molecule has 1 amide bonds. The molecule has 0 saturated carbocycles. The molecular formula is C24H27N3O5S. The number of nitrogens with zero attached hydrogens (tertiary/aromatic N) is 2. The Morgan fingerprint density at radius 3 is 2.76 bits per heavy atom. The van der Waals surface area contributed by atoms with Crippen LogP contribution in [0.25, 0.3) is 12.2 Å². The van der Waals surface area contributed by atoms with Crippen molar-refractivity contribution >= 4 is 33.8 Å². The molecule has 9 heteroatoms. The molecule has 1 atom stereocenters. The van der Waals surface area contributed by atoms with Crippen molar-refractivity contribution in [2.45, 2.75) is 38.5 Å². The van der Waals surface area contributed by atoms with Crippen LogP contribution >= 0.6 is 0 Å². The van der Waals surface area contributed by atoms with Crippen LogP contribution in [0.15, 0.2) is 50.4 Å². The molecule has 0 unspecified atom stereocenters. The highest BCUT2D eigenvalue weighted by Crippen LogP contribution is 2.30. The number of nitrogens with one attached hydrogen (secondary N) is 1. The van der Waals surface area contributed by atoms with Crippen molar-refractivity contribution in [2.75, 3.05) is 18.4 Å². The lowest BCUT2D eigenvalue weighted by Gasteiger charge is -2.31. The maximum Gasteiger partial charge on any atom is 0.248 e. The molecule has 1 aromatic carbocycles. The van der Waals surface area contributed by atoms with Crippen LogP contribution in [0.3, 0.4) is 0 Å². The van der Waals surface area contributed by atoms with E-state index in [2.05, 4.69) is 10.5 Å². The molecule has 3 aromatic rings. The van der Waals surface area contributed by atoms with E-state index in [9.17, 15) is 13.2 Å². The standard InChI is InChI=1S/C24H27N3O5S/c1-16-8-10-21(17(2)14-16)25-24(28)19-6-4-12-27(15-19)33(29,30)23-18(3)26-32-22(23)11-9-20-7-5-13-31-20/h5,7-11,13-14,19H,4,6,12,15H2,1-3H3,(H,25,28)/b11-9+/t19-/m0/s1. The average molecular weight is 470 g/mol. The maximum absolute atomic E-state index is 13.5. The predicted molar refractivity (Wildman–Crippen MR) is 125 cm³/mol. The van der Waals surface area contributed by atoms with Gasteiger partial charge in [-0.3, -0.25) is 4.79 Å². The lowest BCUT2D eigenvalue weighted by atomic mass is 9.98. The van der Waals surface area contributed by atoms with E-state index in [1.54, 1.807) is 25.1 Å². The van der Waals surface area contributed by atoms with E-state index in [0.29, 0.717) is 25.1 Å². The molecule has 0 bridgehead atoms. The van der Waals surface area contributed by atoms with Gasteiger partial charge in [-0.25, -0.2) is 8.42 Å². The minimum Gasteiger partial charge on any atom is -0.465 e. The van der Waals surface area contributed by atoms with E-state index in [1.165, 1.54) is 16.6 Å². The Hall–Kier alpha value is -3.17. The number of rotatable bonds is 6. The maximum atomic E-state index is 13.5. The van der Waals surface area contributed by atoms with Gasteiger partial charge in [0.1, 0.15) is 11.5 Å². The molecule has 0 aliphatic carbocycles.